The quantitative estimate of drug-likeness (QED) is 0.475. The highest BCUT2D eigenvalue weighted by molar-refractivity contribution is 9.10. The molecule has 0 aliphatic heterocycles. The number of halogens is 1. The number of hydrogen-bond acceptors (Lipinski definition) is 3. The summed E-state index contributed by atoms with van der Waals surface area (Å²) in [6, 6.07) is 7.20. The third kappa shape index (κ3) is 4.55. The second-order valence-corrected chi connectivity index (χ2v) is 6.55. The van der Waals surface area contributed by atoms with Crippen molar-refractivity contribution in [1.29, 1.82) is 0 Å². The van der Waals surface area contributed by atoms with Crippen LogP contribution in [-0.2, 0) is 28.0 Å². The van der Waals surface area contributed by atoms with Crippen molar-refractivity contribution < 1.29 is 13.6 Å². The Morgan fingerprint density at radius 2 is 1.88 bits per heavy atom. The second-order valence-electron chi connectivity index (χ2n) is 3.84. The molecule has 5 heteroatoms. The van der Waals surface area contributed by atoms with Crippen LogP contribution in [-0.4, -0.2) is 19.4 Å². The Hall–Kier alpha value is -0.520. The van der Waals surface area contributed by atoms with Crippen molar-refractivity contribution >= 4 is 33.3 Å². The molecule has 0 aliphatic carbocycles. The molecule has 0 aromatic heterocycles. The zero-order valence-electron chi connectivity index (χ0n) is 8.81. The van der Waals surface area contributed by atoms with Crippen LogP contribution in [0.5, 0.6) is 0 Å². The lowest BCUT2D eigenvalue weighted by atomic mass is 10.0. The summed E-state index contributed by atoms with van der Waals surface area (Å²) in [4.78, 5) is 10.7. The lowest BCUT2D eigenvalue weighted by molar-refractivity contribution is -0.109. The van der Waals surface area contributed by atoms with Crippen LogP contribution in [0.3, 0.4) is 0 Å². The minimum absolute atomic E-state index is 0.0273. The fraction of sp³-hybridized carbons (Fsp3) is 0.364. The number of carbonyl (C=O) groups is 1. The summed E-state index contributed by atoms with van der Waals surface area (Å²) in [6.07, 6.45) is 1.44. The van der Waals surface area contributed by atoms with E-state index in [2.05, 4.69) is 15.9 Å². The van der Waals surface area contributed by atoms with E-state index in [1.807, 2.05) is 12.1 Å². The largest absolute Gasteiger partial charge is 0.772 e. The van der Waals surface area contributed by atoms with E-state index in [9.17, 15) is 13.6 Å². The van der Waals surface area contributed by atoms with Gasteiger partial charge in [0.05, 0.1) is 4.32 Å². The number of aldehydes is 1. The van der Waals surface area contributed by atoms with Crippen molar-refractivity contribution in [1.82, 2.24) is 0 Å². The smallest absolute Gasteiger partial charge is 0.136 e. The van der Waals surface area contributed by atoms with Crippen LogP contribution in [0.15, 0.2) is 24.3 Å². The van der Waals surface area contributed by atoms with E-state index in [1.54, 1.807) is 19.1 Å². The van der Waals surface area contributed by atoms with E-state index >= 15 is 0 Å². The van der Waals surface area contributed by atoms with E-state index in [1.165, 1.54) is 0 Å². The Kier molecular flexibility index (Phi) is 4.83. The van der Waals surface area contributed by atoms with E-state index in [0.29, 0.717) is 6.42 Å². The Morgan fingerprint density at radius 1 is 1.38 bits per heavy atom. The van der Waals surface area contributed by atoms with Gasteiger partial charge < -0.3 is 9.35 Å². The lowest BCUT2D eigenvalue weighted by Gasteiger charge is -2.14. The van der Waals surface area contributed by atoms with Gasteiger partial charge in [0, 0.05) is 5.75 Å². The van der Waals surface area contributed by atoms with Gasteiger partial charge in [-0.05, 0) is 24.5 Å². The zero-order chi connectivity index (χ0) is 12.2. The predicted molar refractivity (Wildman–Crippen MR) is 66.2 cm³/mol. The highest BCUT2D eigenvalue weighted by Crippen LogP contribution is 2.20. The summed E-state index contributed by atoms with van der Waals surface area (Å²) in [5, 5.41) is 0. The average Bonchev–Trinajstić information content (AvgIpc) is 2.20. The molecule has 0 N–H and O–H groups in total. The molecule has 0 saturated carbocycles. The van der Waals surface area contributed by atoms with Gasteiger partial charge in [-0.15, -0.1) is 0 Å². The molecular weight excluding hydrogens is 292 g/mol. The van der Waals surface area contributed by atoms with Gasteiger partial charge in [0.15, 0.2) is 0 Å². The third-order valence-corrected chi connectivity index (χ3v) is 3.14. The van der Waals surface area contributed by atoms with Crippen molar-refractivity contribution in [2.45, 2.75) is 23.4 Å². The fourth-order valence-electron chi connectivity index (χ4n) is 1.33. The number of benzene rings is 1. The molecule has 0 spiro atoms. The first kappa shape index (κ1) is 13.5. The van der Waals surface area contributed by atoms with E-state index in [4.69, 9.17) is 0 Å². The Balaban J connectivity index is 2.71. The maximum Gasteiger partial charge on any atom is 0.136 e. The standard InChI is InChI=1S/C11H13BrO3S/c1-11(12,8-13)6-9-2-4-10(5-3-9)7-16(14)15/h2-5,8H,6-7H2,1H3,(H,14,15)/p-1/t11-/m0/s1. The molecular formula is C11H12BrO3S-. The predicted octanol–water partition coefficient (Wildman–Crippen LogP) is 1.96. The van der Waals surface area contributed by atoms with Crippen LogP contribution in [0.1, 0.15) is 18.1 Å². The number of carbonyl (C=O) groups excluding carboxylic acids is 1. The van der Waals surface area contributed by atoms with Gasteiger partial charge in [-0.3, -0.25) is 4.21 Å². The highest BCUT2D eigenvalue weighted by atomic mass is 79.9. The summed E-state index contributed by atoms with van der Waals surface area (Å²) >= 11 is 1.25. The zero-order valence-corrected chi connectivity index (χ0v) is 11.2. The summed E-state index contributed by atoms with van der Waals surface area (Å²) < 4.78 is 20.4. The molecule has 3 nitrogen and oxygen atoms in total. The van der Waals surface area contributed by atoms with Crippen LogP contribution in [0, 0.1) is 0 Å². The monoisotopic (exact) mass is 303 g/mol. The number of hydrogen-bond donors (Lipinski definition) is 0. The van der Waals surface area contributed by atoms with Crippen molar-refractivity contribution in [3.05, 3.63) is 35.4 Å². The number of rotatable bonds is 5. The third-order valence-electron chi connectivity index (χ3n) is 2.10. The minimum Gasteiger partial charge on any atom is -0.772 e. The van der Waals surface area contributed by atoms with E-state index in [0.717, 1.165) is 17.4 Å². The Labute approximate surface area is 106 Å². The van der Waals surface area contributed by atoms with Gasteiger partial charge in [-0.25, -0.2) is 0 Å². The van der Waals surface area contributed by atoms with Crippen LogP contribution < -0.4 is 0 Å². The Bertz CT molecular complexity index is 387. The van der Waals surface area contributed by atoms with Gasteiger partial charge in [0.25, 0.3) is 0 Å². The van der Waals surface area contributed by atoms with Crippen molar-refractivity contribution in [3.63, 3.8) is 0 Å². The maximum absolute atomic E-state index is 10.7. The molecule has 1 aromatic carbocycles. The van der Waals surface area contributed by atoms with Crippen LogP contribution in [0.2, 0.25) is 0 Å². The first-order valence-electron chi connectivity index (χ1n) is 4.72. The molecule has 1 aromatic rings. The minimum atomic E-state index is -2.06. The SMILES string of the molecule is C[C@@](Br)(C=O)Cc1ccc(CS(=O)[O-])cc1. The van der Waals surface area contributed by atoms with Gasteiger partial charge in [0.2, 0.25) is 0 Å². The van der Waals surface area contributed by atoms with Gasteiger partial charge in [-0.1, -0.05) is 51.3 Å². The van der Waals surface area contributed by atoms with Gasteiger partial charge in [0.1, 0.15) is 6.29 Å². The van der Waals surface area contributed by atoms with Crippen LogP contribution >= 0.6 is 15.9 Å². The molecule has 0 amide bonds. The lowest BCUT2D eigenvalue weighted by Crippen LogP contribution is -2.20. The summed E-state index contributed by atoms with van der Waals surface area (Å²) in [5.74, 6) is 0.0273. The fourth-order valence-corrected chi connectivity index (χ4v) is 2.12. The first-order chi connectivity index (χ1) is 7.43. The molecule has 0 saturated heterocycles. The molecule has 0 heterocycles. The number of alkyl halides is 1. The maximum atomic E-state index is 10.7. The molecule has 0 radical (unpaired) electrons. The average molecular weight is 304 g/mol. The van der Waals surface area contributed by atoms with Crippen molar-refractivity contribution in [3.8, 4) is 0 Å². The molecule has 88 valence electrons. The molecule has 1 unspecified atom stereocenters. The van der Waals surface area contributed by atoms with Crippen LogP contribution in [0.4, 0.5) is 0 Å². The van der Waals surface area contributed by atoms with Gasteiger partial charge >= 0.3 is 0 Å². The summed E-state index contributed by atoms with van der Waals surface area (Å²) in [5.41, 5.74) is 1.74. The van der Waals surface area contributed by atoms with Gasteiger partial charge in [-0.2, -0.15) is 0 Å². The first-order valence-corrected chi connectivity index (χ1v) is 6.75. The second kappa shape index (κ2) is 5.70. The molecule has 0 fully saturated rings. The topological polar surface area (TPSA) is 57.2 Å². The van der Waals surface area contributed by atoms with Crippen LogP contribution in [0.25, 0.3) is 0 Å². The summed E-state index contributed by atoms with van der Waals surface area (Å²) in [7, 11) is 0. The normalized spacial score (nSPS) is 16.4. The highest BCUT2D eigenvalue weighted by Gasteiger charge is 2.19. The molecule has 2 atom stereocenters. The van der Waals surface area contributed by atoms with E-state index in [-0.39, 0.29) is 5.75 Å². The van der Waals surface area contributed by atoms with Crippen molar-refractivity contribution in [2.24, 2.45) is 0 Å². The molecule has 0 bridgehead atoms. The summed E-state index contributed by atoms with van der Waals surface area (Å²) in [6.45, 7) is 1.79. The van der Waals surface area contributed by atoms with Crippen molar-refractivity contribution in [2.75, 3.05) is 0 Å². The molecule has 0 aliphatic rings. The molecule has 16 heavy (non-hydrogen) atoms. The Morgan fingerprint density at radius 3 is 2.31 bits per heavy atom. The van der Waals surface area contributed by atoms with E-state index < -0.39 is 15.4 Å². The molecule has 1 rings (SSSR count).